The first-order chi connectivity index (χ1) is 13.3. The number of carbonyl (C=O) groups excluding carboxylic acids is 3. The molecule has 0 aliphatic heterocycles. The van der Waals surface area contributed by atoms with Crippen LogP contribution >= 0.6 is 0 Å². The Morgan fingerprint density at radius 2 is 1.50 bits per heavy atom. The molecule has 3 N–H and O–H groups in total. The molecule has 1 rings (SSSR count). The second kappa shape index (κ2) is 13.7. The summed E-state index contributed by atoms with van der Waals surface area (Å²) in [7, 11) is 0. The lowest BCUT2D eigenvalue weighted by atomic mass is 10.0. The van der Waals surface area contributed by atoms with Crippen molar-refractivity contribution in [1.29, 1.82) is 0 Å². The summed E-state index contributed by atoms with van der Waals surface area (Å²) in [6.07, 6.45) is 2.02. The molecule has 1 aromatic carbocycles. The van der Waals surface area contributed by atoms with Gasteiger partial charge < -0.3 is 16.0 Å². The third kappa shape index (κ3) is 9.02. The van der Waals surface area contributed by atoms with Crippen LogP contribution in [0.25, 0.3) is 0 Å². The first kappa shape index (κ1) is 25.6. The number of amides is 3. The monoisotopic (exact) mass is 397 g/mol. The number of hydrogen-bond donors (Lipinski definition) is 3. The van der Waals surface area contributed by atoms with Crippen LogP contribution in [-0.2, 0) is 20.8 Å². The average molecular weight is 398 g/mol. The van der Waals surface area contributed by atoms with Crippen molar-refractivity contribution in [2.75, 3.05) is 5.32 Å². The normalized spacial score (nSPS) is 12.3. The molecule has 0 bridgehead atoms. The maximum absolute atomic E-state index is 12.5. The number of benzene rings is 1. The highest BCUT2D eigenvalue weighted by Crippen LogP contribution is 2.10. The smallest absolute Gasteiger partial charge is 0.246 e. The standard InChI is InChI=1S/C20H31N3O3.C2H6.3H2/c1-6-8-17(24)23-18(13(3)4)20(26)21-14(5)19(25)22-16-11-9-15(7-2)10-12-16;1-2;;;/h9-14,18H,6-8H2,1-5H3,(H,21,26)(H,22,25)(H,23,24);1-2H3;3*1H/t14-,18-;;;;/m0..../s1. The van der Waals surface area contributed by atoms with E-state index in [0.29, 0.717) is 18.5 Å². The number of aryl methyl sites for hydroxylation is 1. The molecular weight excluding hydrogens is 354 g/mol. The van der Waals surface area contributed by atoms with Gasteiger partial charge in [-0.2, -0.15) is 0 Å². The minimum atomic E-state index is -0.710. The van der Waals surface area contributed by atoms with E-state index in [9.17, 15) is 14.4 Å². The Balaban J connectivity index is -0.000000707. The van der Waals surface area contributed by atoms with Crippen LogP contribution in [0.1, 0.15) is 71.2 Å². The van der Waals surface area contributed by atoms with Gasteiger partial charge in [-0.25, -0.2) is 0 Å². The molecule has 0 fully saturated rings. The molecule has 0 aromatic heterocycles. The number of anilines is 1. The molecule has 1 aromatic rings. The molecule has 0 saturated heterocycles. The summed E-state index contributed by atoms with van der Waals surface area (Å²) in [6, 6.07) is 6.22. The summed E-state index contributed by atoms with van der Waals surface area (Å²) in [5.41, 5.74) is 1.87. The minimum Gasteiger partial charge on any atom is -0.344 e. The predicted octanol–water partition coefficient (Wildman–Crippen LogP) is 4.40. The first-order valence-corrected chi connectivity index (χ1v) is 10.3. The summed E-state index contributed by atoms with van der Waals surface area (Å²) in [6.45, 7) is 13.3. The van der Waals surface area contributed by atoms with Crippen molar-refractivity contribution >= 4 is 23.4 Å². The van der Waals surface area contributed by atoms with E-state index in [1.54, 1.807) is 6.92 Å². The molecule has 3 amide bonds. The van der Waals surface area contributed by atoms with Crippen LogP contribution in [-0.4, -0.2) is 29.8 Å². The van der Waals surface area contributed by atoms with Crippen LogP contribution in [0.15, 0.2) is 24.3 Å². The van der Waals surface area contributed by atoms with E-state index < -0.39 is 12.1 Å². The van der Waals surface area contributed by atoms with Gasteiger partial charge in [0, 0.05) is 16.4 Å². The molecule has 28 heavy (non-hydrogen) atoms. The molecule has 2 atom stereocenters. The van der Waals surface area contributed by atoms with Crippen LogP contribution in [0, 0.1) is 5.92 Å². The molecule has 0 aliphatic carbocycles. The maximum atomic E-state index is 12.5. The third-order valence-corrected chi connectivity index (χ3v) is 4.12. The summed E-state index contributed by atoms with van der Waals surface area (Å²) >= 11 is 0. The molecule has 6 heteroatoms. The van der Waals surface area contributed by atoms with Crippen LogP contribution in [0.2, 0.25) is 0 Å². The highest BCUT2D eigenvalue weighted by atomic mass is 16.2. The zero-order valence-electron chi connectivity index (χ0n) is 18.4. The molecule has 0 unspecified atom stereocenters. The minimum absolute atomic E-state index is 0. The first-order valence-electron chi connectivity index (χ1n) is 10.3. The van der Waals surface area contributed by atoms with Crippen molar-refractivity contribution in [2.45, 2.75) is 79.8 Å². The Kier molecular flexibility index (Phi) is 12.6. The quantitative estimate of drug-likeness (QED) is 0.577. The van der Waals surface area contributed by atoms with E-state index in [4.69, 9.17) is 0 Å². The number of nitrogens with one attached hydrogen (secondary N) is 3. The zero-order chi connectivity index (χ0) is 21.7. The summed E-state index contributed by atoms with van der Waals surface area (Å²) in [4.78, 5) is 36.6. The number of hydrogen-bond acceptors (Lipinski definition) is 3. The highest BCUT2D eigenvalue weighted by molar-refractivity contribution is 5.98. The van der Waals surface area contributed by atoms with Gasteiger partial charge in [-0.05, 0) is 43.4 Å². The molecule has 0 heterocycles. The molecule has 0 saturated carbocycles. The lowest BCUT2D eigenvalue weighted by molar-refractivity contribution is -0.131. The van der Waals surface area contributed by atoms with Gasteiger partial charge in [0.2, 0.25) is 17.7 Å². The largest absolute Gasteiger partial charge is 0.344 e. The Morgan fingerprint density at radius 1 is 0.929 bits per heavy atom. The van der Waals surface area contributed by atoms with E-state index in [-0.39, 0.29) is 27.9 Å². The summed E-state index contributed by atoms with van der Waals surface area (Å²) in [5.74, 6) is -0.888. The van der Waals surface area contributed by atoms with E-state index in [1.807, 2.05) is 58.9 Å². The van der Waals surface area contributed by atoms with E-state index in [1.165, 1.54) is 5.56 Å². The Bertz CT molecular complexity index is 626. The molecule has 0 spiro atoms. The van der Waals surface area contributed by atoms with Crippen LogP contribution in [0.5, 0.6) is 0 Å². The van der Waals surface area contributed by atoms with Crippen molar-refractivity contribution in [3.63, 3.8) is 0 Å². The Labute approximate surface area is 174 Å². The second-order valence-electron chi connectivity index (χ2n) is 6.81. The zero-order valence-corrected chi connectivity index (χ0v) is 18.4. The summed E-state index contributed by atoms with van der Waals surface area (Å²) in [5, 5.41) is 8.21. The summed E-state index contributed by atoms with van der Waals surface area (Å²) < 4.78 is 0. The SMILES string of the molecule is CC.CCCC(=O)N[C@H](C(=O)N[C@@H](C)C(=O)Nc1ccc(CC)cc1)C(C)C.[HH].[HH].[HH]. The second-order valence-corrected chi connectivity index (χ2v) is 6.81. The van der Waals surface area contributed by atoms with Gasteiger partial charge in [0.1, 0.15) is 12.1 Å². The maximum Gasteiger partial charge on any atom is 0.246 e. The molecule has 0 radical (unpaired) electrons. The van der Waals surface area contributed by atoms with Crippen LogP contribution in [0.4, 0.5) is 5.69 Å². The Hall–Kier alpha value is -2.37. The fraction of sp³-hybridized carbons (Fsp3) is 0.591. The van der Waals surface area contributed by atoms with E-state index in [2.05, 4.69) is 22.9 Å². The van der Waals surface area contributed by atoms with E-state index in [0.717, 1.165) is 6.42 Å². The average Bonchev–Trinajstić information content (AvgIpc) is 2.68. The lowest BCUT2D eigenvalue weighted by Gasteiger charge is -2.23. The van der Waals surface area contributed by atoms with Gasteiger partial charge in [0.25, 0.3) is 0 Å². The van der Waals surface area contributed by atoms with Gasteiger partial charge >= 0.3 is 0 Å². The molecule has 0 aliphatic rings. The number of rotatable bonds is 9. The lowest BCUT2D eigenvalue weighted by Crippen LogP contribution is -2.53. The molecular formula is C22H43N3O3. The van der Waals surface area contributed by atoms with Crippen molar-refractivity contribution in [3.05, 3.63) is 29.8 Å². The van der Waals surface area contributed by atoms with Crippen molar-refractivity contribution in [1.82, 2.24) is 10.6 Å². The topological polar surface area (TPSA) is 87.3 Å². The van der Waals surface area contributed by atoms with E-state index >= 15 is 0 Å². The van der Waals surface area contributed by atoms with Gasteiger partial charge in [0.15, 0.2) is 0 Å². The Morgan fingerprint density at radius 3 is 1.96 bits per heavy atom. The third-order valence-electron chi connectivity index (χ3n) is 4.12. The highest BCUT2D eigenvalue weighted by Gasteiger charge is 2.26. The van der Waals surface area contributed by atoms with Crippen molar-refractivity contribution < 1.29 is 18.7 Å². The van der Waals surface area contributed by atoms with Gasteiger partial charge in [-0.3, -0.25) is 14.4 Å². The predicted molar refractivity (Wildman–Crippen MR) is 121 cm³/mol. The van der Waals surface area contributed by atoms with Gasteiger partial charge in [0.05, 0.1) is 0 Å². The fourth-order valence-corrected chi connectivity index (χ4v) is 2.45. The molecule has 164 valence electrons. The van der Waals surface area contributed by atoms with Gasteiger partial charge in [-0.15, -0.1) is 0 Å². The fourth-order valence-electron chi connectivity index (χ4n) is 2.45. The van der Waals surface area contributed by atoms with Crippen LogP contribution in [0.3, 0.4) is 0 Å². The molecule has 6 nitrogen and oxygen atoms in total. The number of carbonyl (C=O) groups is 3. The van der Waals surface area contributed by atoms with Crippen molar-refractivity contribution in [2.24, 2.45) is 5.92 Å². The van der Waals surface area contributed by atoms with Crippen LogP contribution < -0.4 is 16.0 Å². The van der Waals surface area contributed by atoms with Crippen molar-refractivity contribution in [3.8, 4) is 0 Å². The van der Waals surface area contributed by atoms with Gasteiger partial charge in [-0.1, -0.05) is 53.7 Å².